The van der Waals surface area contributed by atoms with Crippen molar-refractivity contribution >= 4 is 11.4 Å². The highest BCUT2D eigenvalue weighted by Gasteiger charge is 2.09. The number of anilines is 2. The van der Waals surface area contributed by atoms with Gasteiger partial charge in [-0.3, -0.25) is 9.97 Å². The molecule has 0 saturated carbocycles. The van der Waals surface area contributed by atoms with Crippen molar-refractivity contribution in [2.75, 3.05) is 10.6 Å². The highest BCUT2D eigenvalue weighted by atomic mass is 14.9. The van der Waals surface area contributed by atoms with Gasteiger partial charge in [0.05, 0.1) is 11.4 Å². The Morgan fingerprint density at radius 1 is 0.567 bits per heavy atom. The first kappa shape index (κ1) is 19.6. The van der Waals surface area contributed by atoms with Gasteiger partial charge in [-0.15, -0.1) is 0 Å². The van der Waals surface area contributed by atoms with Crippen LogP contribution in [0.2, 0.25) is 0 Å². The number of aromatic nitrogens is 2. The zero-order valence-electron chi connectivity index (χ0n) is 17.3. The van der Waals surface area contributed by atoms with E-state index in [4.69, 9.17) is 0 Å². The first-order valence-electron chi connectivity index (χ1n) is 10.2. The Labute approximate surface area is 178 Å². The average Bonchev–Trinajstić information content (AvgIpc) is 2.80. The monoisotopic (exact) mass is 394 g/mol. The first-order valence-corrected chi connectivity index (χ1v) is 10.2. The van der Waals surface area contributed by atoms with Crippen molar-refractivity contribution in [1.29, 1.82) is 0 Å². The van der Waals surface area contributed by atoms with E-state index in [0.29, 0.717) is 0 Å². The molecule has 2 atom stereocenters. The minimum atomic E-state index is 0.203. The largest absolute Gasteiger partial charge is 0.378 e. The molecule has 4 rings (SSSR count). The molecule has 0 fully saturated rings. The molecule has 150 valence electrons. The number of hydrogen-bond acceptors (Lipinski definition) is 4. The van der Waals surface area contributed by atoms with Crippen LogP contribution in [-0.4, -0.2) is 9.97 Å². The Morgan fingerprint density at radius 2 is 0.967 bits per heavy atom. The fourth-order valence-corrected chi connectivity index (χ4v) is 3.47. The second kappa shape index (κ2) is 9.23. The third kappa shape index (κ3) is 4.84. The summed E-state index contributed by atoms with van der Waals surface area (Å²) in [5.41, 5.74) is 6.22. The molecule has 4 nitrogen and oxygen atoms in total. The van der Waals surface area contributed by atoms with Crippen LogP contribution in [0.5, 0.6) is 0 Å². The Balaban J connectivity index is 1.50. The molecule has 0 saturated heterocycles. The van der Waals surface area contributed by atoms with Gasteiger partial charge in [0.2, 0.25) is 0 Å². The summed E-state index contributed by atoms with van der Waals surface area (Å²) < 4.78 is 0. The molecule has 2 N–H and O–H groups in total. The van der Waals surface area contributed by atoms with Crippen LogP contribution in [0.25, 0.3) is 11.4 Å². The molecule has 2 aromatic heterocycles. The summed E-state index contributed by atoms with van der Waals surface area (Å²) in [4.78, 5) is 9.08. The minimum Gasteiger partial charge on any atom is -0.378 e. The summed E-state index contributed by atoms with van der Waals surface area (Å²) in [6.07, 6.45) is 3.65. The van der Waals surface area contributed by atoms with Gasteiger partial charge in [0.15, 0.2) is 0 Å². The van der Waals surface area contributed by atoms with E-state index in [2.05, 4.69) is 83.0 Å². The Kier molecular flexibility index (Phi) is 6.04. The normalized spacial score (nSPS) is 12.7. The molecule has 0 bridgehead atoms. The number of hydrogen-bond donors (Lipinski definition) is 2. The second-order valence-electron chi connectivity index (χ2n) is 7.41. The molecule has 0 spiro atoms. The second-order valence-corrected chi connectivity index (χ2v) is 7.41. The van der Waals surface area contributed by atoms with Crippen LogP contribution in [0.3, 0.4) is 0 Å². The number of rotatable bonds is 7. The highest BCUT2D eigenvalue weighted by Crippen LogP contribution is 2.25. The molecule has 4 aromatic rings. The van der Waals surface area contributed by atoms with Gasteiger partial charge in [-0.2, -0.15) is 0 Å². The van der Waals surface area contributed by atoms with Gasteiger partial charge in [-0.1, -0.05) is 60.7 Å². The standard InChI is InChI=1S/C26H26N4/c1-19(21-9-5-3-6-10-21)29-23-13-15-27-25(17-23)26-18-24(14-16-28-26)30-20(2)22-11-7-4-8-12-22/h3-20H,1-2H3,(H,27,29)(H,28,30)/t19-,20-/m0/s1. The third-order valence-electron chi connectivity index (χ3n) is 5.15. The summed E-state index contributed by atoms with van der Waals surface area (Å²) in [7, 11) is 0. The van der Waals surface area contributed by atoms with E-state index < -0.39 is 0 Å². The molecule has 0 radical (unpaired) electrons. The number of nitrogens with zero attached hydrogens (tertiary/aromatic N) is 2. The van der Waals surface area contributed by atoms with Gasteiger partial charge in [0.25, 0.3) is 0 Å². The van der Waals surface area contributed by atoms with Crippen molar-refractivity contribution in [2.24, 2.45) is 0 Å². The van der Waals surface area contributed by atoms with Crippen molar-refractivity contribution in [3.63, 3.8) is 0 Å². The van der Waals surface area contributed by atoms with E-state index in [9.17, 15) is 0 Å². The lowest BCUT2D eigenvalue weighted by atomic mass is 10.1. The van der Waals surface area contributed by atoms with Crippen LogP contribution < -0.4 is 10.6 Å². The van der Waals surface area contributed by atoms with Gasteiger partial charge in [0, 0.05) is 35.9 Å². The van der Waals surface area contributed by atoms with E-state index in [1.54, 1.807) is 0 Å². The molecule has 0 unspecified atom stereocenters. The van der Waals surface area contributed by atoms with Crippen LogP contribution >= 0.6 is 0 Å². The summed E-state index contributed by atoms with van der Waals surface area (Å²) in [5.74, 6) is 0. The number of pyridine rings is 2. The lowest BCUT2D eigenvalue weighted by Crippen LogP contribution is -2.07. The van der Waals surface area contributed by atoms with E-state index >= 15 is 0 Å². The molecule has 0 aliphatic rings. The predicted octanol–water partition coefficient (Wildman–Crippen LogP) is 6.49. The maximum absolute atomic E-state index is 4.54. The first-order chi connectivity index (χ1) is 14.7. The fourth-order valence-electron chi connectivity index (χ4n) is 3.47. The Bertz CT molecular complexity index is 991. The summed E-state index contributed by atoms with van der Waals surface area (Å²) in [5, 5.41) is 7.11. The number of benzene rings is 2. The average molecular weight is 395 g/mol. The van der Waals surface area contributed by atoms with Crippen LogP contribution in [0.1, 0.15) is 37.1 Å². The lowest BCUT2D eigenvalue weighted by Gasteiger charge is -2.17. The molecule has 2 aromatic carbocycles. The van der Waals surface area contributed by atoms with E-state index in [1.807, 2.05) is 48.8 Å². The Hall–Kier alpha value is -3.66. The maximum Gasteiger partial charge on any atom is 0.0907 e. The third-order valence-corrected chi connectivity index (χ3v) is 5.15. The summed E-state index contributed by atoms with van der Waals surface area (Å²) in [6.45, 7) is 4.31. The highest BCUT2D eigenvalue weighted by molar-refractivity contribution is 5.65. The van der Waals surface area contributed by atoms with Crippen LogP contribution in [0, 0.1) is 0 Å². The maximum atomic E-state index is 4.54. The van der Waals surface area contributed by atoms with Crippen molar-refractivity contribution in [1.82, 2.24) is 9.97 Å². The smallest absolute Gasteiger partial charge is 0.0907 e. The van der Waals surface area contributed by atoms with Crippen LogP contribution in [0.15, 0.2) is 97.3 Å². The van der Waals surface area contributed by atoms with Crippen molar-refractivity contribution < 1.29 is 0 Å². The topological polar surface area (TPSA) is 49.8 Å². The van der Waals surface area contributed by atoms with Crippen molar-refractivity contribution in [2.45, 2.75) is 25.9 Å². The van der Waals surface area contributed by atoms with Gasteiger partial charge < -0.3 is 10.6 Å². The number of nitrogens with one attached hydrogen (secondary N) is 2. The van der Waals surface area contributed by atoms with Gasteiger partial charge in [0.1, 0.15) is 0 Å². The van der Waals surface area contributed by atoms with Gasteiger partial charge in [-0.05, 0) is 49.2 Å². The van der Waals surface area contributed by atoms with Crippen molar-refractivity contribution in [3.05, 3.63) is 108 Å². The molecule has 2 heterocycles. The van der Waals surface area contributed by atoms with Crippen LogP contribution in [0.4, 0.5) is 11.4 Å². The van der Waals surface area contributed by atoms with Gasteiger partial charge >= 0.3 is 0 Å². The molecule has 4 heteroatoms. The van der Waals surface area contributed by atoms with E-state index in [0.717, 1.165) is 22.8 Å². The molecule has 0 amide bonds. The minimum absolute atomic E-state index is 0.203. The zero-order valence-corrected chi connectivity index (χ0v) is 17.3. The molecule has 0 aliphatic carbocycles. The summed E-state index contributed by atoms with van der Waals surface area (Å²) >= 11 is 0. The lowest BCUT2D eigenvalue weighted by molar-refractivity contribution is 0.883. The fraction of sp³-hybridized carbons (Fsp3) is 0.154. The predicted molar refractivity (Wildman–Crippen MR) is 124 cm³/mol. The van der Waals surface area contributed by atoms with Crippen molar-refractivity contribution in [3.8, 4) is 11.4 Å². The van der Waals surface area contributed by atoms with E-state index in [1.165, 1.54) is 11.1 Å². The zero-order chi connectivity index (χ0) is 20.8. The SMILES string of the molecule is C[C@H](Nc1ccnc(-c2cc(N[C@@H](C)c3ccccc3)ccn2)c1)c1ccccc1. The van der Waals surface area contributed by atoms with Crippen LogP contribution in [-0.2, 0) is 0 Å². The Morgan fingerprint density at radius 3 is 1.37 bits per heavy atom. The van der Waals surface area contributed by atoms with E-state index in [-0.39, 0.29) is 12.1 Å². The molecule has 0 aliphatic heterocycles. The molecule has 30 heavy (non-hydrogen) atoms. The quantitative estimate of drug-likeness (QED) is 0.376. The molecular formula is C26H26N4. The summed E-state index contributed by atoms with van der Waals surface area (Å²) in [6, 6.07) is 29.3. The molecular weight excluding hydrogens is 368 g/mol. The van der Waals surface area contributed by atoms with Gasteiger partial charge in [-0.25, -0.2) is 0 Å².